The molecule has 0 atom stereocenters. The molecule has 0 aliphatic carbocycles. The van der Waals surface area contributed by atoms with E-state index < -0.39 is 0 Å². The largest absolute Gasteiger partial charge is 0.233 e. The Hall–Kier alpha value is -1.53. The van der Waals surface area contributed by atoms with Crippen LogP contribution in [-0.2, 0) is 0 Å². The highest BCUT2D eigenvalue weighted by Crippen LogP contribution is 2.24. The molecule has 2 heterocycles. The average Bonchev–Trinajstić information content (AvgIpc) is 2.17. The highest BCUT2D eigenvalue weighted by molar-refractivity contribution is 5.62. The number of allylic oxidation sites excluding steroid dienone is 5. The van der Waals surface area contributed by atoms with Crippen molar-refractivity contribution in [1.29, 1.82) is 0 Å². The summed E-state index contributed by atoms with van der Waals surface area (Å²) in [6, 6.07) is 0. The molecule has 2 aliphatic heterocycles. The van der Waals surface area contributed by atoms with Gasteiger partial charge in [0.2, 0.25) is 0 Å². The standard InChI is InChI=1S/C11H12N2/c1-9(2)10-6-7-12-13-8-4-3-5-11(10)13/h3-6,8-9H,1-2H3. The Morgan fingerprint density at radius 1 is 1.38 bits per heavy atom. The van der Waals surface area contributed by atoms with E-state index in [4.69, 9.17) is 0 Å². The van der Waals surface area contributed by atoms with Crippen molar-refractivity contribution >= 4 is 5.87 Å². The maximum Gasteiger partial charge on any atom is 0.0694 e. The zero-order valence-corrected chi connectivity index (χ0v) is 7.86. The highest BCUT2D eigenvalue weighted by atomic mass is 15.4. The third-order valence-corrected chi connectivity index (χ3v) is 2.14. The number of nitrogens with zero attached hydrogens (tertiary/aromatic N) is 2. The first-order valence-electron chi connectivity index (χ1n) is 4.46. The van der Waals surface area contributed by atoms with Crippen molar-refractivity contribution in [2.75, 3.05) is 0 Å². The quantitative estimate of drug-likeness (QED) is 0.593. The molecule has 0 N–H and O–H groups in total. The van der Waals surface area contributed by atoms with E-state index in [9.17, 15) is 0 Å². The summed E-state index contributed by atoms with van der Waals surface area (Å²) in [6.45, 7) is 4.35. The van der Waals surface area contributed by atoms with Gasteiger partial charge in [-0.15, -0.1) is 5.10 Å². The second kappa shape index (κ2) is 3.08. The summed E-state index contributed by atoms with van der Waals surface area (Å²) in [5.74, 6) is 3.41. The van der Waals surface area contributed by atoms with Gasteiger partial charge in [-0.1, -0.05) is 19.9 Å². The second-order valence-electron chi connectivity index (χ2n) is 3.41. The molecule has 0 unspecified atom stereocenters. The molecule has 0 fully saturated rings. The Morgan fingerprint density at radius 3 is 3.00 bits per heavy atom. The van der Waals surface area contributed by atoms with E-state index >= 15 is 0 Å². The van der Waals surface area contributed by atoms with Gasteiger partial charge < -0.3 is 0 Å². The van der Waals surface area contributed by atoms with E-state index in [1.165, 1.54) is 5.57 Å². The van der Waals surface area contributed by atoms with Crippen molar-refractivity contribution < 1.29 is 0 Å². The molecular weight excluding hydrogens is 160 g/mol. The van der Waals surface area contributed by atoms with Crippen LogP contribution in [-0.4, -0.2) is 10.9 Å². The fourth-order valence-corrected chi connectivity index (χ4v) is 1.45. The molecule has 0 aromatic carbocycles. The van der Waals surface area contributed by atoms with Crippen LogP contribution in [0.5, 0.6) is 0 Å². The third kappa shape index (κ3) is 1.36. The van der Waals surface area contributed by atoms with Crippen molar-refractivity contribution in [2.24, 2.45) is 11.0 Å². The number of hydrogen-bond donors (Lipinski definition) is 0. The zero-order valence-electron chi connectivity index (χ0n) is 7.86. The Labute approximate surface area is 78.2 Å². The monoisotopic (exact) mass is 172 g/mol. The Kier molecular flexibility index (Phi) is 1.91. The molecule has 0 bridgehead atoms. The van der Waals surface area contributed by atoms with Gasteiger partial charge in [0.25, 0.3) is 0 Å². The first kappa shape index (κ1) is 8.09. The van der Waals surface area contributed by atoms with E-state index in [-0.39, 0.29) is 0 Å². The maximum atomic E-state index is 4.12. The Morgan fingerprint density at radius 2 is 2.23 bits per heavy atom. The summed E-state index contributed by atoms with van der Waals surface area (Å²) < 4.78 is 0. The topological polar surface area (TPSA) is 15.6 Å². The van der Waals surface area contributed by atoms with Gasteiger partial charge in [0.05, 0.1) is 5.70 Å². The van der Waals surface area contributed by atoms with E-state index in [1.54, 1.807) is 0 Å². The molecule has 0 aromatic heterocycles. The second-order valence-corrected chi connectivity index (χ2v) is 3.41. The van der Waals surface area contributed by atoms with Gasteiger partial charge in [0.15, 0.2) is 0 Å². The molecule has 2 rings (SSSR count). The molecule has 2 heteroatoms. The summed E-state index contributed by atoms with van der Waals surface area (Å²) in [7, 11) is 0. The van der Waals surface area contributed by atoms with Crippen molar-refractivity contribution in [1.82, 2.24) is 5.01 Å². The van der Waals surface area contributed by atoms with Crippen molar-refractivity contribution in [2.45, 2.75) is 13.8 Å². The van der Waals surface area contributed by atoms with Crippen molar-refractivity contribution in [3.05, 3.63) is 41.8 Å². The maximum absolute atomic E-state index is 4.12. The van der Waals surface area contributed by atoms with Gasteiger partial charge in [-0.3, -0.25) is 0 Å². The lowest BCUT2D eigenvalue weighted by Gasteiger charge is -2.23. The van der Waals surface area contributed by atoms with Crippen LogP contribution in [0, 0.1) is 5.92 Å². The minimum Gasteiger partial charge on any atom is -0.233 e. The first-order valence-corrected chi connectivity index (χ1v) is 4.46. The lowest BCUT2D eigenvalue weighted by molar-refractivity contribution is 0.497. The minimum absolute atomic E-state index is 0.511. The zero-order chi connectivity index (χ0) is 9.26. The van der Waals surface area contributed by atoms with E-state index in [0.717, 1.165) is 5.70 Å². The summed E-state index contributed by atoms with van der Waals surface area (Å²) in [5.41, 5.74) is 2.45. The van der Waals surface area contributed by atoms with Gasteiger partial charge >= 0.3 is 0 Å². The fraction of sp³-hybridized carbons (Fsp3) is 0.273. The van der Waals surface area contributed by atoms with Crippen LogP contribution in [0.2, 0.25) is 0 Å². The molecular formula is C11H12N2. The van der Waals surface area contributed by atoms with Crippen LogP contribution in [0.1, 0.15) is 13.8 Å². The molecule has 0 saturated carbocycles. The summed E-state index contributed by atoms with van der Waals surface area (Å²) >= 11 is 0. The van der Waals surface area contributed by atoms with E-state index in [0.29, 0.717) is 5.92 Å². The van der Waals surface area contributed by atoms with E-state index in [2.05, 4.69) is 30.9 Å². The summed E-state index contributed by atoms with van der Waals surface area (Å²) in [6.07, 6.45) is 9.98. The van der Waals surface area contributed by atoms with Crippen LogP contribution in [0.4, 0.5) is 0 Å². The predicted octanol–water partition coefficient (Wildman–Crippen LogP) is 2.44. The van der Waals surface area contributed by atoms with E-state index in [1.807, 2.05) is 29.4 Å². The SMILES string of the molecule is CC(C)C1=C2C=CC=CN2N=C=C1. The number of hydrogen-bond acceptors (Lipinski definition) is 2. The minimum atomic E-state index is 0.511. The van der Waals surface area contributed by atoms with Gasteiger partial charge in [-0.05, 0) is 23.6 Å². The smallest absolute Gasteiger partial charge is 0.0694 e. The van der Waals surface area contributed by atoms with Gasteiger partial charge in [0, 0.05) is 18.1 Å². The summed E-state index contributed by atoms with van der Waals surface area (Å²) in [4.78, 5) is 0. The van der Waals surface area contributed by atoms with Crippen molar-refractivity contribution in [3.63, 3.8) is 0 Å². The van der Waals surface area contributed by atoms with Crippen LogP contribution >= 0.6 is 0 Å². The molecule has 0 spiro atoms. The third-order valence-electron chi connectivity index (χ3n) is 2.14. The number of hydrazone groups is 1. The summed E-state index contributed by atoms with van der Waals surface area (Å²) in [5, 5.41) is 5.97. The number of rotatable bonds is 1. The van der Waals surface area contributed by atoms with Gasteiger partial charge in [-0.2, -0.15) is 0 Å². The normalized spacial score (nSPS) is 18.8. The highest BCUT2D eigenvalue weighted by Gasteiger charge is 2.14. The first-order chi connectivity index (χ1) is 6.29. The van der Waals surface area contributed by atoms with Crippen LogP contribution in [0.15, 0.2) is 46.9 Å². The Bertz CT molecular complexity index is 364. The van der Waals surface area contributed by atoms with Crippen LogP contribution < -0.4 is 0 Å². The molecule has 0 radical (unpaired) electrons. The van der Waals surface area contributed by atoms with Gasteiger partial charge in [0.1, 0.15) is 0 Å². The van der Waals surface area contributed by atoms with Crippen LogP contribution in [0.3, 0.4) is 0 Å². The van der Waals surface area contributed by atoms with Gasteiger partial charge in [-0.25, -0.2) is 5.01 Å². The van der Waals surface area contributed by atoms with Crippen LogP contribution in [0.25, 0.3) is 0 Å². The lowest BCUT2D eigenvalue weighted by Crippen LogP contribution is -2.16. The predicted molar refractivity (Wildman–Crippen MR) is 54.0 cm³/mol. The van der Waals surface area contributed by atoms with Crippen molar-refractivity contribution in [3.8, 4) is 0 Å². The Balaban J connectivity index is 2.49. The molecule has 66 valence electrons. The molecule has 2 aliphatic rings. The molecule has 0 aromatic rings. The fourth-order valence-electron chi connectivity index (χ4n) is 1.45. The average molecular weight is 172 g/mol. The molecule has 13 heavy (non-hydrogen) atoms. The molecule has 0 saturated heterocycles. The number of fused-ring (bicyclic) bond motifs is 1. The lowest BCUT2D eigenvalue weighted by atomic mass is 9.99. The molecule has 2 nitrogen and oxygen atoms in total. The molecule has 0 amide bonds.